The second-order valence-corrected chi connectivity index (χ2v) is 5.47. The lowest BCUT2D eigenvalue weighted by Crippen LogP contribution is -2.28. The Hall–Kier alpha value is -1.02. The molecule has 1 fully saturated rings. The second kappa shape index (κ2) is 4.69. The van der Waals surface area contributed by atoms with Crippen LogP contribution >= 0.6 is 0 Å². The standard InChI is InChI=1S/C15H21NO/c1-11-8-14-10-13(2-3-15(14)17-11)9-12-4-6-16-7-5-12/h2-3,10-12,16H,4-9H2,1H3. The van der Waals surface area contributed by atoms with Gasteiger partial charge in [0.25, 0.3) is 0 Å². The Morgan fingerprint density at radius 3 is 2.94 bits per heavy atom. The smallest absolute Gasteiger partial charge is 0.123 e. The van der Waals surface area contributed by atoms with Crippen molar-refractivity contribution in [1.29, 1.82) is 0 Å². The lowest BCUT2D eigenvalue weighted by Gasteiger charge is -2.22. The summed E-state index contributed by atoms with van der Waals surface area (Å²) < 4.78 is 5.74. The number of benzene rings is 1. The van der Waals surface area contributed by atoms with Gasteiger partial charge in [-0.2, -0.15) is 0 Å². The van der Waals surface area contributed by atoms with Gasteiger partial charge in [0.15, 0.2) is 0 Å². The first-order chi connectivity index (χ1) is 8.31. The van der Waals surface area contributed by atoms with Gasteiger partial charge in [0.2, 0.25) is 0 Å². The van der Waals surface area contributed by atoms with E-state index in [1.165, 1.54) is 43.5 Å². The number of piperidine rings is 1. The maximum absolute atomic E-state index is 5.74. The van der Waals surface area contributed by atoms with Crippen molar-refractivity contribution in [3.05, 3.63) is 29.3 Å². The molecule has 1 N–H and O–H groups in total. The predicted octanol–water partition coefficient (Wildman–Crippen LogP) is 2.55. The molecule has 0 aliphatic carbocycles. The molecule has 2 aliphatic rings. The SMILES string of the molecule is CC1Cc2cc(CC3CCNCC3)ccc2O1. The molecule has 0 bridgehead atoms. The number of ether oxygens (including phenoxy) is 1. The molecule has 0 radical (unpaired) electrons. The quantitative estimate of drug-likeness (QED) is 0.844. The zero-order chi connectivity index (χ0) is 11.7. The zero-order valence-corrected chi connectivity index (χ0v) is 10.5. The summed E-state index contributed by atoms with van der Waals surface area (Å²) in [5.74, 6) is 1.97. The highest BCUT2D eigenvalue weighted by Crippen LogP contribution is 2.30. The van der Waals surface area contributed by atoms with E-state index in [0.717, 1.165) is 18.1 Å². The molecule has 0 saturated carbocycles. The first kappa shape index (κ1) is 11.1. The van der Waals surface area contributed by atoms with E-state index in [4.69, 9.17) is 4.74 Å². The Bertz CT molecular complexity index is 396. The normalized spacial score (nSPS) is 24.4. The molecule has 1 atom stereocenters. The summed E-state index contributed by atoms with van der Waals surface area (Å²) in [7, 11) is 0. The van der Waals surface area contributed by atoms with E-state index in [9.17, 15) is 0 Å². The highest BCUT2D eigenvalue weighted by molar-refractivity contribution is 5.40. The van der Waals surface area contributed by atoms with Crippen LogP contribution in [-0.2, 0) is 12.8 Å². The molecule has 3 rings (SSSR count). The van der Waals surface area contributed by atoms with Crippen molar-refractivity contribution in [2.75, 3.05) is 13.1 Å². The van der Waals surface area contributed by atoms with Crippen LogP contribution in [0.5, 0.6) is 5.75 Å². The molecule has 1 saturated heterocycles. The fraction of sp³-hybridized carbons (Fsp3) is 0.600. The fourth-order valence-electron chi connectivity index (χ4n) is 3.02. The number of rotatable bonds is 2. The van der Waals surface area contributed by atoms with Crippen molar-refractivity contribution in [3.8, 4) is 5.75 Å². The van der Waals surface area contributed by atoms with Crippen LogP contribution in [0, 0.1) is 5.92 Å². The van der Waals surface area contributed by atoms with Crippen LogP contribution in [0.1, 0.15) is 30.9 Å². The van der Waals surface area contributed by atoms with E-state index in [1.54, 1.807) is 0 Å². The third-order valence-electron chi connectivity index (χ3n) is 3.94. The number of nitrogens with one attached hydrogen (secondary N) is 1. The van der Waals surface area contributed by atoms with Crippen molar-refractivity contribution >= 4 is 0 Å². The lowest BCUT2D eigenvalue weighted by molar-refractivity contribution is 0.254. The molecule has 17 heavy (non-hydrogen) atoms. The maximum atomic E-state index is 5.74. The summed E-state index contributed by atoms with van der Waals surface area (Å²) in [5.41, 5.74) is 2.90. The third kappa shape index (κ3) is 2.47. The summed E-state index contributed by atoms with van der Waals surface area (Å²) in [5, 5.41) is 3.43. The molecule has 2 nitrogen and oxygen atoms in total. The van der Waals surface area contributed by atoms with Gasteiger partial charge in [-0.25, -0.2) is 0 Å². The Balaban J connectivity index is 1.69. The molecule has 0 amide bonds. The fourth-order valence-corrected chi connectivity index (χ4v) is 3.02. The van der Waals surface area contributed by atoms with Gasteiger partial charge < -0.3 is 10.1 Å². The highest BCUT2D eigenvalue weighted by atomic mass is 16.5. The number of hydrogen-bond donors (Lipinski definition) is 1. The topological polar surface area (TPSA) is 21.3 Å². The average Bonchev–Trinajstić information content (AvgIpc) is 2.70. The molecule has 2 aliphatic heterocycles. The van der Waals surface area contributed by atoms with Crippen molar-refractivity contribution < 1.29 is 4.74 Å². The molecule has 2 heteroatoms. The minimum atomic E-state index is 0.360. The van der Waals surface area contributed by atoms with Crippen LogP contribution in [0.25, 0.3) is 0 Å². The second-order valence-electron chi connectivity index (χ2n) is 5.47. The van der Waals surface area contributed by atoms with Gasteiger partial charge in [0.05, 0.1) is 0 Å². The van der Waals surface area contributed by atoms with E-state index >= 15 is 0 Å². The van der Waals surface area contributed by atoms with Gasteiger partial charge in [0.1, 0.15) is 11.9 Å². The van der Waals surface area contributed by atoms with Gasteiger partial charge >= 0.3 is 0 Å². The molecule has 2 heterocycles. The van der Waals surface area contributed by atoms with Crippen LogP contribution in [0.2, 0.25) is 0 Å². The summed E-state index contributed by atoms with van der Waals surface area (Å²) in [4.78, 5) is 0. The zero-order valence-electron chi connectivity index (χ0n) is 10.5. The third-order valence-corrected chi connectivity index (χ3v) is 3.94. The van der Waals surface area contributed by atoms with Crippen LogP contribution in [0.4, 0.5) is 0 Å². The Morgan fingerprint density at radius 1 is 1.29 bits per heavy atom. The molecule has 0 aromatic heterocycles. The molecule has 92 valence electrons. The van der Waals surface area contributed by atoms with Crippen LogP contribution in [0.15, 0.2) is 18.2 Å². The Labute approximate surface area is 103 Å². The van der Waals surface area contributed by atoms with E-state index in [2.05, 4.69) is 30.4 Å². The van der Waals surface area contributed by atoms with E-state index in [1.807, 2.05) is 0 Å². The summed E-state index contributed by atoms with van der Waals surface area (Å²) in [6.45, 7) is 4.53. The number of hydrogen-bond acceptors (Lipinski definition) is 2. The summed E-state index contributed by atoms with van der Waals surface area (Å²) >= 11 is 0. The van der Waals surface area contributed by atoms with Gasteiger partial charge in [-0.05, 0) is 62.4 Å². The van der Waals surface area contributed by atoms with Gasteiger partial charge in [-0.15, -0.1) is 0 Å². The van der Waals surface area contributed by atoms with Crippen molar-refractivity contribution in [1.82, 2.24) is 5.32 Å². The van der Waals surface area contributed by atoms with E-state index in [0.29, 0.717) is 6.10 Å². The van der Waals surface area contributed by atoms with Crippen molar-refractivity contribution in [3.63, 3.8) is 0 Å². The Morgan fingerprint density at radius 2 is 2.12 bits per heavy atom. The van der Waals surface area contributed by atoms with Crippen LogP contribution in [0.3, 0.4) is 0 Å². The molecular formula is C15H21NO. The minimum absolute atomic E-state index is 0.360. The van der Waals surface area contributed by atoms with Gasteiger partial charge in [-0.3, -0.25) is 0 Å². The molecular weight excluding hydrogens is 210 g/mol. The van der Waals surface area contributed by atoms with Crippen LogP contribution < -0.4 is 10.1 Å². The highest BCUT2D eigenvalue weighted by Gasteiger charge is 2.20. The minimum Gasteiger partial charge on any atom is -0.490 e. The largest absolute Gasteiger partial charge is 0.490 e. The van der Waals surface area contributed by atoms with Crippen molar-refractivity contribution in [2.24, 2.45) is 5.92 Å². The predicted molar refractivity (Wildman–Crippen MR) is 69.5 cm³/mol. The lowest BCUT2D eigenvalue weighted by atomic mass is 9.90. The molecule has 1 aromatic carbocycles. The summed E-state index contributed by atoms with van der Waals surface area (Å²) in [6.07, 6.45) is 5.33. The summed E-state index contributed by atoms with van der Waals surface area (Å²) in [6, 6.07) is 6.77. The van der Waals surface area contributed by atoms with Crippen LogP contribution in [-0.4, -0.2) is 19.2 Å². The first-order valence-electron chi connectivity index (χ1n) is 6.80. The molecule has 1 aromatic rings. The van der Waals surface area contributed by atoms with Gasteiger partial charge in [0, 0.05) is 6.42 Å². The molecule has 1 unspecified atom stereocenters. The molecule has 0 spiro atoms. The van der Waals surface area contributed by atoms with E-state index < -0.39 is 0 Å². The van der Waals surface area contributed by atoms with Gasteiger partial charge in [-0.1, -0.05) is 12.1 Å². The maximum Gasteiger partial charge on any atom is 0.123 e. The first-order valence-corrected chi connectivity index (χ1v) is 6.80. The monoisotopic (exact) mass is 231 g/mol. The Kier molecular flexibility index (Phi) is 3.06. The number of fused-ring (bicyclic) bond motifs is 1. The average molecular weight is 231 g/mol. The van der Waals surface area contributed by atoms with E-state index in [-0.39, 0.29) is 0 Å². The van der Waals surface area contributed by atoms with Crippen molar-refractivity contribution in [2.45, 2.75) is 38.7 Å².